The van der Waals surface area contributed by atoms with Gasteiger partial charge < -0.3 is 19.1 Å². The number of hydrogen-bond acceptors (Lipinski definition) is 3. The molecule has 0 saturated carbocycles. The largest absolute Gasteiger partial charge is 0.383 e. The van der Waals surface area contributed by atoms with Crippen LogP contribution in [0.15, 0.2) is 42.6 Å². The van der Waals surface area contributed by atoms with Crippen molar-refractivity contribution in [2.75, 3.05) is 33.4 Å². The van der Waals surface area contributed by atoms with Gasteiger partial charge in [-0.2, -0.15) is 0 Å². The lowest BCUT2D eigenvalue weighted by Crippen LogP contribution is -2.44. The number of nitrogens with zero attached hydrogens (tertiary/aromatic N) is 3. The van der Waals surface area contributed by atoms with E-state index in [1.54, 1.807) is 16.9 Å². The van der Waals surface area contributed by atoms with Crippen LogP contribution in [0, 0.1) is 0 Å². The molecule has 0 fully saturated rings. The van der Waals surface area contributed by atoms with Gasteiger partial charge in [-0.05, 0) is 49.1 Å². The second-order valence-electron chi connectivity index (χ2n) is 9.01. The van der Waals surface area contributed by atoms with E-state index >= 15 is 0 Å². The fraction of sp³-hybridized carbons (Fsp3) is 0.571. The number of carbonyl (C=O) groups is 2. The Kier molecular flexibility index (Phi) is 12.5. The highest BCUT2D eigenvalue weighted by molar-refractivity contribution is 5.96. The molecule has 6 nitrogen and oxygen atoms in total. The van der Waals surface area contributed by atoms with E-state index in [-0.39, 0.29) is 18.4 Å². The first-order valence-electron chi connectivity index (χ1n) is 12.7. The van der Waals surface area contributed by atoms with Crippen LogP contribution in [-0.4, -0.2) is 59.5 Å². The molecule has 0 radical (unpaired) electrons. The summed E-state index contributed by atoms with van der Waals surface area (Å²) >= 11 is 0. The Bertz CT molecular complexity index is 860. The van der Waals surface area contributed by atoms with Crippen molar-refractivity contribution in [1.82, 2.24) is 14.4 Å². The average molecular weight is 470 g/mol. The molecule has 1 heterocycles. The molecular formula is C28H43N3O3. The minimum Gasteiger partial charge on any atom is -0.383 e. The molecule has 2 amide bonds. The third-order valence-electron chi connectivity index (χ3n) is 6.24. The molecule has 2 rings (SSSR count). The Hall–Kier alpha value is -2.60. The van der Waals surface area contributed by atoms with Gasteiger partial charge in [0, 0.05) is 44.7 Å². The van der Waals surface area contributed by atoms with Gasteiger partial charge in [-0.1, -0.05) is 51.7 Å². The maximum atomic E-state index is 13.3. The third kappa shape index (κ3) is 8.98. The van der Waals surface area contributed by atoms with Crippen LogP contribution in [0.1, 0.15) is 74.0 Å². The molecule has 0 bridgehead atoms. The van der Waals surface area contributed by atoms with Crippen molar-refractivity contribution in [2.45, 2.75) is 65.3 Å². The Balaban J connectivity index is 2.07. The summed E-state index contributed by atoms with van der Waals surface area (Å²) in [6.45, 7) is 6.40. The SMILES string of the molecule is CCCCCCc1ccc(C(=O)N(CCCC)CC(=O)N(CCOC)Cc2cccn2C)cc1. The number of carbonyl (C=O) groups excluding carboxylic acids is 2. The van der Waals surface area contributed by atoms with Crippen molar-refractivity contribution in [3.63, 3.8) is 0 Å². The summed E-state index contributed by atoms with van der Waals surface area (Å²) < 4.78 is 7.24. The highest BCUT2D eigenvalue weighted by Gasteiger charge is 2.22. The molecule has 1 aromatic carbocycles. The van der Waals surface area contributed by atoms with Gasteiger partial charge in [0.2, 0.25) is 5.91 Å². The number of unbranched alkanes of at least 4 members (excludes halogenated alkanes) is 4. The van der Waals surface area contributed by atoms with E-state index in [0.717, 1.165) is 25.0 Å². The number of amides is 2. The van der Waals surface area contributed by atoms with Gasteiger partial charge in [0.15, 0.2) is 0 Å². The fourth-order valence-electron chi connectivity index (χ4n) is 3.97. The zero-order chi connectivity index (χ0) is 24.8. The first-order valence-corrected chi connectivity index (χ1v) is 12.7. The van der Waals surface area contributed by atoms with Crippen LogP contribution in [0.2, 0.25) is 0 Å². The van der Waals surface area contributed by atoms with Crippen molar-refractivity contribution in [3.8, 4) is 0 Å². The van der Waals surface area contributed by atoms with E-state index in [1.807, 2.05) is 42.1 Å². The molecule has 0 N–H and O–H groups in total. The Morgan fingerprint density at radius 1 is 0.912 bits per heavy atom. The molecule has 0 atom stereocenters. The number of ether oxygens (including phenoxy) is 1. The molecule has 0 unspecified atom stereocenters. The number of hydrogen-bond donors (Lipinski definition) is 0. The van der Waals surface area contributed by atoms with Crippen LogP contribution in [0.3, 0.4) is 0 Å². The Labute approximate surface area is 205 Å². The smallest absolute Gasteiger partial charge is 0.254 e. The molecule has 34 heavy (non-hydrogen) atoms. The second-order valence-corrected chi connectivity index (χ2v) is 9.01. The summed E-state index contributed by atoms with van der Waals surface area (Å²) in [6, 6.07) is 11.9. The first-order chi connectivity index (χ1) is 16.5. The van der Waals surface area contributed by atoms with Crippen LogP contribution in [0.4, 0.5) is 0 Å². The summed E-state index contributed by atoms with van der Waals surface area (Å²) in [6.07, 6.45) is 9.76. The summed E-state index contributed by atoms with van der Waals surface area (Å²) in [5, 5.41) is 0. The topological polar surface area (TPSA) is 54.8 Å². The first kappa shape index (κ1) is 27.6. The highest BCUT2D eigenvalue weighted by Crippen LogP contribution is 2.13. The molecule has 6 heteroatoms. The van der Waals surface area contributed by atoms with E-state index in [2.05, 4.69) is 26.0 Å². The monoisotopic (exact) mass is 469 g/mol. The van der Waals surface area contributed by atoms with Crippen LogP contribution < -0.4 is 0 Å². The molecule has 1 aromatic heterocycles. The van der Waals surface area contributed by atoms with Crippen molar-refractivity contribution >= 4 is 11.8 Å². The summed E-state index contributed by atoms with van der Waals surface area (Å²) in [7, 11) is 3.61. The number of aryl methyl sites for hydroxylation is 2. The lowest BCUT2D eigenvalue weighted by atomic mass is 10.0. The molecule has 188 valence electrons. The summed E-state index contributed by atoms with van der Waals surface area (Å²) in [5.41, 5.74) is 2.95. The lowest BCUT2D eigenvalue weighted by Gasteiger charge is -2.28. The van der Waals surface area contributed by atoms with Crippen molar-refractivity contribution in [3.05, 3.63) is 59.4 Å². The van der Waals surface area contributed by atoms with Gasteiger partial charge in [-0.25, -0.2) is 0 Å². The summed E-state index contributed by atoms with van der Waals surface area (Å²) in [5.74, 6) is -0.139. The third-order valence-corrected chi connectivity index (χ3v) is 6.24. The Morgan fingerprint density at radius 2 is 1.65 bits per heavy atom. The van der Waals surface area contributed by atoms with Crippen molar-refractivity contribution in [2.24, 2.45) is 7.05 Å². The van der Waals surface area contributed by atoms with Gasteiger partial charge >= 0.3 is 0 Å². The standard InChI is InChI=1S/C28H43N3O3/c1-5-7-9-10-12-24-14-16-25(17-15-24)28(33)31(19-8-6-2)23-27(32)30(20-21-34-4)22-26-13-11-18-29(26)3/h11,13-18H,5-10,12,19-23H2,1-4H3. The van der Waals surface area contributed by atoms with E-state index in [0.29, 0.717) is 31.8 Å². The molecule has 0 spiro atoms. The summed E-state index contributed by atoms with van der Waals surface area (Å²) in [4.78, 5) is 30.1. The lowest BCUT2D eigenvalue weighted by molar-refractivity contribution is -0.133. The minimum atomic E-state index is -0.0788. The molecule has 0 aliphatic carbocycles. The molecule has 0 aliphatic heterocycles. The zero-order valence-corrected chi connectivity index (χ0v) is 21.6. The Morgan fingerprint density at radius 3 is 2.26 bits per heavy atom. The minimum absolute atomic E-state index is 0.0600. The fourth-order valence-corrected chi connectivity index (χ4v) is 3.97. The van der Waals surface area contributed by atoms with E-state index in [1.165, 1.54) is 31.2 Å². The van der Waals surface area contributed by atoms with Crippen LogP contribution >= 0.6 is 0 Å². The number of rotatable bonds is 16. The molecular weight excluding hydrogens is 426 g/mol. The predicted molar refractivity (Wildman–Crippen MR) is 138 cm³/mol. The van der Waals surface area contributed by atoms with Crippen LogP contribution in [0.5, 0.6) is 0 Å². The normalized spacial score (nSPS) is 10.9. The van der Waals surface area contributed by atoms with E-state index < -0.39 is 0 Å². The molecule has 0 aliphatic rings. The van der Waals surface area contributed by atoms with Gasteiger partial charge in [-0.3, -0.25) is 9.59 Å². The molecule has 0 saturated heterocycles. The number of methoxy groups -OCH3 is 1. The molecule has 2 aromatic rings. The number of benzene rings is 1. The van der Waals surface area contributed by atoms with Crippen LogP contribution in [0.25, 0.3) is 0 Å². The van der Waals surface area contributed by atoms with Gasteiger partial charge in [0.05, 0.1) is 13.2 Å². The van der Waals surface area contributed by atoms with E-state index in [4.69, 9.17) is 4.74 Å². The highest BCUT2D eigenvalue weighted by atomic mass is 16.5. The van der Waals surface area contributed by atoms with Crippen LogP contribution in [-0.2, 0) is 29.5 Å². The number of aromatic nitrogens is 1. The van der Waals surface area contributed by atoms with Gasteiger partial charge in [-0.15, -0.1) is 0 Å². The maximum Gasteiger partial charge on any atom is 0.254 e. The quantitative estimate of drug-likeness (QED) is 0.323. The average Bonchev–Trinajstić information content (AvgIpc) is 3.26. The van der Waals surface area contributed by atoms with Crippen molar-refractivity contribution < 1.29 is 14.3 Å². The van der Waals surface area contributed by atoms with Gasteiger partial charge in [0.1, 0.15) is 6.54 Å². The maximum absolute atomic E-state index is 13.3. The van der Waals surface area contributed by atoms with Gasteiger partial charge in [0.25, 0.3) is 5.91 Å². The van der Waals surface area contributed by atoms with Crippen molar-refractivity contribution in [1.29, 1.82) is 0 Å². The second kappa shape index (κ2) is 15.3. The zero-order valence-electron chi connectivity index (χ0n) is 21.6. The van der Waals surface area contributed by atoms with E-state index in [9.17, 15) is 9.59 Å². The predicted octanol–water partition coefficient (Wildman–Crippen LogP) is 5.07.